The summed E-state index contributed by atoms with van der Waals surface area (Å²) in [6, 6.07) is 7.43. The maximum absolute atomic E-state index is 13.4. The van der Waals surface area contributed by atoms with Crippen LogP contribution in [0.5, 0.6) is 0 Å². The van der Waals surface area contributed by atoms with E-state index in [1.54, 1.807) is 25.1 Å². The average molecular weight is 341 g/mol. The Morgan fingerprint density at radius 1 is 1.35 bits per heavy atom. The molecule has 1 atom stereocenters. The van der Waals surface area contributed by atoms with Crippen molar-refractivity contribution < 1.29 is 17.3 Å². The predicted molar refractivity (Wildman–Crippen MR) is 84.7 cm³/mol. The number of aryl methyl sites for hydroxylation is 1. The van der Waals surface area contributed by atoms with Gasteiger partial charge in [0, 0.05) is 18.7 Å². The van der Waals surface area contributed by atoms with Gasteiger partial charge in [-0.3, -0.25) is 0 Å². The number of rotatable bonds is 7. The Bertz CT molecular complexity index is 759. The minimum Gasteiger partial charge on any atom is -0.361 e. The zero-order valence-electron chi connectivity index (χ0n) is 13.3. The van der Waals surface area contributed by atoms with E-state index in [9.17, 15) is 12.8 Å². The second kappa shape index (κ2) is 7.20. The van der Waals surface area contributed by atoms with Crippen LogP contribution >= 0.6 is 0 Å². The van der Waals surface area contributed by atoms with Gasteiger partial charge in [-0.05, 0) is 38.7 Å². The van der Waals surface area contributed by atoms with Gasteiger partial charge in [0.2, 0.25) is 10.0 Å². The van der Waals surface area contributed by atoms with Crippen LogP contribution in [0.25, 0.3) is 0 Å². The van der Waals surface area contributed by atoms with Crippen LogP contribution in [0, 0.1) is 12.7 Å². The van der Waals surface area contributed by atoms with Crippen molar-refractivity contribution in [3.8, 4) is 0 Å². The van der Waals surface area contributed by atoms with E-state index < -0.39 is 10.0 Å². The Hall–Kier alpha value is -1.77. The summed E-state index contributed by atoms with van der Waals surface area (Å²) in [5.41, 5.74) is 1.05. The van der Waals surface area contributed by atoms with Crippen LogP contribution in [0.3, 0.4) is 0 Å². The number of hydrogen-bond acceptors (Lipinski definition) is 5. The van der Waals surface area contributed by atoms with Crippen molar-refractivity contribution in [3.63, 3.8) is 0 Å². The van der Waals surface area contributed by atoms with Crippen LogP contribution in [0.4, 0.5) is 4.39 Å². The van der Waals surface area contributed by atoms with Crippen molar-refractivity contribution in [2.45, 2.75) is 18.7 Å². The number of halogens is 1. The molecule has 1 aromatic heterocycles. The van der Waals surface area contributed by atoms with Crippen LogP contribution in [-0.2, 0) is 15.8 Å². The maximum atomic E-state index is 13.4. The van der Waals surface area contributed by atoms with E-state index in [1.807, 2.05) is 19.0 Å². The molecule has 1 heterocycles. The van der Waals surface area contributed by atoms with E-state index in [2.05, 4.69) is 9.88 Å². The maximum Gasteiger partial charge on any atom is 0.217 e. The van der Waals surface area contributed by atoms with Crippen LogP contribution in [-0.4, -0.2) is 39.1 Å². The molecule has 1 aromatic carbocycles. The fraction of sp³-hybridized carbons (Fsp3) is 0.400. The molecule has 0 radical (unpaired) electrons. The quantitative estimate of drug-likeness (QED) is 0.832. The highest BCUT2D eigenvalue weighted by molar-refractivity contribution is 7.88. The fourth-order valence-corrected chi connectivity index (χ4v) is 3.29. The van der Waals surface area contributed by atoms with Gasteiger partial charge in [0.05, 0.1) is 0 Å². The van der Waals surface area contributed by atoms with Gasteiger partial charge in [0.25, 0.3) is 0 Å². The lowest BCUT2D eigenvalue weighted by Crippen LogP contribution is -2.35. The van der Waals surface area contributed by atoms with Crippen molar-refractivity contribution in [1.82, 2.24) is 14.8 Å². The molecule has 0 amide bonds. The molecule has 0 saturated heterocycles. The zero-order chi connectivity index (χ0) is 17.0. The molecule has 0 aliphatic carbocycles. The van der Waals surface area contributed by atoms with Gasteiger partial charge in [0.15, 0.2) is 0 Å². The van der Waals surface area contributed by atoms with E-state index in [1.165, 1.54) is 12.1 Å². The third-order valence-electron chi connectivity index (χ3n) is 3.37. The first-order chi connectivity index (χ1) is 10.8. The highest BCUT2D eigenvalue weighted by Gasteiger charge is 2.20. The highest BCUT2D eigenvalue weighted by Crippen LogP contribution is 2.18. The summed E-state index contributed by atoms with van der Waals surface area (Å²) in [5, 5.41) is 3.68. The number of hydrogen-bond donors (Lipinski definition) is 1. The van der Waals surface area contributed by atoms with Gasteiger partial charge in [-0.1, -0.05) is 17.3 Å². The van der Waals surface area contributed by atoms with Crippen molar-refractivity contribution in [3.05, 3.63) is 53.2 Å². The molecule has 0 unspecified atom stereocenters. The van der Waals surface area contributed by atoms with E-state index in [4.69, 9.17) is 4.52 Å². The van der Waals surface area contributed by atoms with Crippen molar-refractivity contribution in [1.29, 1.82) is 0 Å². The van der Waals surface area contributed by atoms with Gasteiger partial charge in [0.1, 0.15) is 23.0 Å². The predicted octanol–water partition coefficient (Wildman–Crippen LogP) is 1.84. The third kappa shape index (κ3) is 5.12. The van der Waals surface area contributed by atoms with Crippen LogP contribution in [0.1, 0.15) is 23.1 Å². The smallest absolute Gasteiger partial charge is 0.217 e. The third-order valence-corrected chi connectivity index (χ3v) is 4.65. The summed E-state index contributed by atoms with van der Waals surface area (Å²) in [7, 11) is 0.0598. The topological polar surface area (TPSA) is 75.4 Å². The highest BCUT2D eigenvalue weighted by atomic mass is 32.2. The molecular weight excluding hydrogens is 321 g/mol. The van der Waals surface area contributed by atoms with E-state index in [0.717, 1.165) is 0 Å². The van der Waals surface area contributed by atoms with Gasteiger partial charge in [-0.25, -0.2) is 17.5 Å². The van der Waals surface area contributed by atoms with E-state index >= 15 is 0 Å². The molecule has 1 N–H and O–H groups in total. The lowest BCUT2D eigenvalue weighted by Gasteiger charge is -2.25. The molecule has 2 rings (SSSR count). The molecule has 126 valence electrons. The Kier molecular flexibility index (Phi) is 5.51. The second-order valence-corrected chi connectivity index (χ2v) is 7.38. The monoisotopic (exact) mass is 341 g/mol. The van der Waals surface area contributed by atoms with E-state index in [0.29, 0.717) is 17.0 Å². The molecule has 8 heteroatoms. The van der Waals surface area contributed by atoms with Gasteiger partial charge < -0.3 is 9.42 Å². The van der Waals surface area contributed by atoms with Crippen LogP contribution in [0.15, 0.2) is 34.9 Å². The molecule has 6 nitrogen and oxygen atoms in total. The molecule has 2 aromatic rings. The van der Waals surface area contributed by atoms with Gasteiger partial charge in [-0.15, -0.1) is 0 Å². The van der Waals surface area contributed by atoms with Crippen LogP contribution < -0.4 is 4.72 Å². The molecule has 0 aliphatic heterocycles. The Labute approximate surface area is 135 Å². The summed E-state index contributed by atoms with van der Waals surface area (Å²) in [6.07, 6.45) is 0. The first kappa shape index (κ1) is 17.6. The average Bonchev–Trinajstić information content (AvgIpc) is 2.83. The molecule has 0 aliphatic rings. The number of nitrogens with zero attached hydrogens (tertiary/aromatic N) is 2. The molecule has 0 bridgehead atoms. The van der Waals surface area contributed by atoms with Crippen LogP contribution in [0.2, 0.25) is 0 Å². The minimum atomic E-state index is -3.56. The number of benzene rings is 1. The molecule has 0 fully saturated rings. The Morgan fingerprint density at radius 3 is 2.65 bits per heavy atom. The fourth-order valence-electron chi connectivity index (χ4n) is 2.25. The summed E-state index contributed by atoms with van der Waals surface area (Å²) in [5.74, 6) is -0.0513. The van der Waals surface area contributed by atoms with Gasteiger partial charge >= 0.3 is 0 Å². The SMILES string of the molecule is Cc1cc(CS(=O)(=O)NC[C@H](c2cccc(F)c2)N(C)C)no1. The number of nitrogens with one attached hydrogen (secondary N) is 1. The standard InChI is InChI=1S/C15H20FN3O3S/c1-11-7-14(18-22-11)10-23(20,21)17-9-15(19(2)3)12-5-4-6-13(16)8-12/h4-8,15,17H,9-10H2,1-3H3/t15-/m1/s1. The first-order valence-electron chi connectivity index (χ1n) is 7.08. The summed E-state index contributed by atoms with van der Waals surface area (Å²) >= 11 is 0. The van der Waals surface area contributed by atoms with Crippen molar-refractivity contribution in [2.24, 2.45) is 0 Å². The molecule has 23 heavy (non-hydrogen) atoms. The van der Waals surface area contributed by atoms with Crippen molar-refractivity contribution in [2.75, 3.05) is 20.6 Å². The Balaban J connectivity index is 2.06. The van der Waals surface area contributed by atoms with Gasteiger partial charge in [-0.2, -0.15) is 0 Å². The van der Waals surface area contributed by atoms with E-state index in [-0.39, 0.29) is 24.2 Å². The lowest BCUT2D eigenvalue weighted by molar-refractivity contribution is 0.298. The summed E-state index contributed by atoms with van der Waals surface area (Å²) in [6.45, 7) is 1.83. The second-order valence-electron chi connectivity index (χ2n) is 5.57. The zero-order valence-corrected chi connectivity index (χ0v) is 14.1. The molecule has 0 spiro atoms. The summed E-state index contributed by atoms with van der Waals surface area (Å²) in [4.78, 5) is 1.83. The van der Waals surface area contributed by atoms with Crippen molar-refractivity contribution >= 4 is 10.0 Å². The number of likely N-dealkylation sites (N-methyl/N-ethyl adjacent to an activating group) is 1. The molecular formula is C15H20FN3O3S. The Morgan fingerprint density at radius 2 is 2.09 bits per heavy atom. The number of aromatic nitrogens is 1. The normalized spacial score (nSPS) is 13.4. The first-order valence-corrected chi connectivity index (χ1v) is 8.73. The lowest BCUT2D eigenvalue weighted by atomic mass is 10.1. The largest absolute Gasteiger partial charge is 0.361 e. The minimum absolute atomic E-state index is 0.135. The molecule has 0 saturated carbocycles. The summed E-state index contributed by atoms with van der Waals surface area (Å²) < 4.78 is 45.1. The number of sulfonamides is 1.